The normalized spacial score (nSPS) is 12.5. The molecular formula is C31H34N6O5. The molecule has 11 nitrogen and oxygen atoms in total. The summed E-state index contributed by atoms with van der Waals surface area (Å²) in [5.41, 5.74) is 3.56. The number of aromatic nitrogens is 1. The highest BCUT2D eigenvalue weighted by atomic mass is 16.6. The Morgan fingerprint density at radius 1 is 1.00 bits per heavy atom. The Morgan fingerprint density at radius 3 is 2.50 bits per heavy atom. The van der Waals surface area contributed by atoms with E-state index in [1.165, 1.54) is 9.80 Å². The van der Waals surface area contributed by atoms with Gasteiger partial charge < -0.3 is 34.6 Å². The third-order valence-electron chi connectivity index (χ3n) is 7.29. The monoisotopic (exact) mass is 570 g/mol. The number of carbonyl (C=O) groups excluding carboxylic acids is 4. The van der Waals surface area contributed by atoms with Crippen LogP contribution in [0.25, 0.3) is 21.7 Å². The Labute approximate surface area is 243 Å². The molecule has 0 spiro atoms. The van der Waals surface area contributed by atoms with Crippen molar-refractivity contribution >= 4 is 57.4 Å². The van der Waals surface area contributed by atoms with E-state index in [4.69, 9.17) is 4.74 Å². The Kier molecular flexibility index (Phi) is 8.12. The highest BCUT2D eigenvalue weighted by Gasteiger charge is 2.30. The van der Waals surface area contributed by atoms with Crippen LogP contribution in [0, 0.1) is 0 Å². The Hall–Kier alpha value is -4.90. The predicted octanol–water partition coefficient (Wildman–Crippen LogP) is 3.54. The fourth-order valence-electron chi connectivity index (χ4n) is 5.11. The lowest BCUT2D eigenvalue weighted by molar-refractivity contribution is -0.117. The number of nitrogens with one attached hydrogen (secondary N) is 2. The van der Waals surface area contributed by atoms with Crippen molar-refractivity contribution in [1.82, 2.24) is 19.7 Å². The maximum absolute atomic E-state index is 13.8. The lowest BCUT2D eigenvalue weighted by Gasteiger charge is -2.21. The number of H-pyrrole nitrogens is 1. The van der Waals surface area contributed by atoms with Crippen LogP contribution in [-0.4, -0.2) is 98.4 Å². The first-order chi connectivity index (χ1) is 20.1. The summed E-state index contributed by atoms with van der Waals surface area (Å²) in [5.74, 6) is 0.0344. The molecule has 4 amide bonds. The van der Waals surface area contributed by atoms with Crippen molar-refractivity contribution in [3.8, 4) is 5.75 Å². The number of hydrogen-bond donors (Lipinski definition) is 2. The molecule has 3 aromatic carbocycles. The molecule has 11 heteroatoms. The molecule has 42 heavy (non-hydrogen) atoms. The number of aromatic amines is 1. The van der Waals surface area contributed by atoms with Crippen LogP contribution >= 0.6 is 0 Å². The number of ether oxygens (including phenoxy) is 1. The molecule has 1 aliphatic heterocycles. The van der Waals surface area contributed by atoms with Gasteiger partial charge >= 0.3 is 6.09 Å². The summed E-state index contributed by atoms with van der Waals surface area (Å²) in [7, 11) is 6.91. The molecule has 2 heterocycles. The first-order valence-electron chi connectivity index (χ1n) is 13.7. The maximum Gasteiger partial charge on any atom is 0.415 e. The number of anilines is 2. The van der Waals surface area contributed by atoms with Gasteiger partial charge in [-0.2, -0.15) is 0 Å². The Balaban J connectivity index is 1.41. The van der Waals surface area contributed by atoms with Crippen LogP contribution in [0.15, 0.2) is 54.6 Å². The van der Waals surface area contributed by atoms with Gasteiger partial charge in [-0.1, -0.05) is 24.3 Å². The van der Waals surface area contributed by atoms with Crippen molar-refractivity contribution in [2.75, 3.05) is 64.6 Å². The highest BCUT2D eigenvalue weighted by molar-refractivity contribution is 6.11. The zero-order chi connectivity index (χ0) is 30.0. The second kappa shape index (κ2) is 11.9. The molecular weight excluding hydrogens is 536 g/mol. The molecule has 218 valence electrons. The van der Waals surface area contributed by atoms with E-state index in [0.717, 1.165) is 27.2 Å². The number of carbonyl (C=O) groups is 4. The second-order valence-electron chi connectivity index (χ2n) is 10.8. The molecule has 5 rings (SSSR count). The summed E-state index contributed by atoms with van der Waals surface area (Å²) < 4.78 is 5.83. The summed E-state index contributed by atoms with van der Waals surface area (Å²) in [5, 5.41) is 5.39. The third-order valence-corrected chi connectivity index (χ3v) is 7.29. The van der Waals surface area contributed by atoms with Crippen LogP contribution in [-0.2, 0) is 16.0 Å². The van der Waals surface area contributed by atoms with Crippen LogP contribution in [0.3, 0.4) is 0 Å². The van der Waals surface area contributed by atoms with Gasteiger partial charge in [-0.3, -0.25) is 14.4 Å². The second-order valence-corrected chi connectivity index (χ2v) is 10.8. The maximum atomic E-state index is 13.8. The molecule has 0 radical (unpaired) electrons. The summed E-state index contributed by atoms with van der Waals surface area (Å²) in [4.78, 5) is 59.4. The molecule has 0 atom stereocenters. The van der Waals surface area contributed by atoms with Gasteiger partial charge in [-0.05, 0) is 55.7 Å². The number of hydrogen-bond acceptors (Lipinski definition) is 6. The summed E-state index contributed by atoms with van der Waals surface area (Å²) in [6.45, 7) is 1.43. The van der Waals surface area contributed by atoms with Gasteiger partial charge in [0, 0.05) is 61.8 Å². The third kappa shape index (κ3) is 5.91. The molecule has 4 aromatic rings. The van der Waals surface area contributed by atoms with E-state index in [1.54, 1.807) is 42.1 Å². The van der Waals surface area contributed by atoms with E-state index >= 15 is 0 Å². The molecule has 0 saturated carbocycles. The lowest BCUT2D eigenvalue weighted by atomic mass is 10.0. The number of amides is 4. The summed E-state index contributed by atoms with van der Waals surface area (Å²) in [6, 6.07) is 16.7. The molecule has 2 N–H and O–H groups in total. The van der Waals surface area contributed by atoms with Crippen molar-refractivity contribution < 1.29 is 23.9 Å². The Morgan fingerprint density at radius 2 is 1.76 bits per heavy atom. The van der Waals surface area contributed by atoms with Gasteiger partial charge in [-0.15, -0.1) is 0 Å². The van der Waals surface area contributed by atoms with Crippen LogP contribution in [0.5, 0.6) is 5.75 Å². The number of likely N-dealkylation sites (N-methyl/N-ethyl adjacent to an activating group) is 3. The Bertz CT molecular complexity index is 1680. The minimum absolute atomic E-state index is 0.122. The molecule has 0 unspecified atom stereocenters. The quantitative estimate of drug-likeness (QED) is 0.297. The van der Waals surface area contributed by atoms with Gasteiger partial charge in [0.1, 0.15) is 11.4 Å². The number of nitrogens with zero attached hydrogens (tertiary/aromatic N) is 4. The minimum Gasteiger partial charge on any atom is -0.409 e. The molecule has 1 aromatic heterocycles. The van der Waals surface area contributed by atoms with Gasteiger partial charge in [0.25, 0.3) is 5.91 Å². The van der Waals surface area contributed by atoms with Crippen LogP contribution in [0.2, 0.25) is 0 Å². The fourth-order valence-corrected chi connectivity index (χ4v) is 5.11. The van der Waals surface area contributed by atoms with Crippen molar-refractivity contribution in [3.05, 3.63) is 65.9 Å². The largest absolute Gasteiger partial charge is 0.415 e. The number of rotatable bonds is 9. The topological polar surface area (TPSA) is 118 Å². The van der Waals surface area contributed by atoms with E-state index in [1.807, 2.05) is 50.5 Å². The zero-order valence-corrected chi connectivity index (χ0v) is 24.1. The number of fused-ring (bicyclic) bond motifs is 4. The first-order valence-corrected chi connectivity index (χ1v) is 13.7. The molecule has 0 fully saturated rings. The van der Waals surface area contributed by atoms with Crippen LogP contribution < -0.4 is 15.0 Å². The summed E-state index contributed by atoms with van der Waals surface area (Å²) >= 11 is 0. The summed E-state index contributed by atoms with van der Waals surface area (Å²) in [6.07, 6.45) is 0.810. The fraction of sp³-hybridized carbons (Fsp3) is 0.290. The molecule has 0 saturated heterocycles. The average molecular weight is 571 g/mol. The zero-order valence-electron chi connectivity index (χ0n) is 24.1. The first kappa shape index (κ1) is 28.6. The van der Waals surface area contributed by atoms with E-state index in [0.29, 0.717) is 55.3 Å². The molecule has 1 aliphatic rings. The SMILES string of the molecule is CN(C)CC(=O)Nc1ccc2[nH]c(C(=O)N3CCc4c3cc(OC(=O)N(C)CCN(C)C=O)c3ccccc43)cc2c1. The van der Waals surface area contributed by atoms with Gasteiger partial charge in [0.2, 0.25) is 12.3 Å². The lowest BCUT2D eigenvalue weighted by Crippen LogP contribution is -2.36. The average Bonchev–Trinajstić information content (AvgIpc) is 3.59. The van der Waals surface area contributed by atoms with E-state index in [-0.39, 0.29) is 18.4 Å². The van der Waals surface area contributed by atoms with Crippen molar-refractivity contribution in [1.29, 1.82) is 0 Å². The van der Waals surface area contributed by atoms with Crippen molar-refractivity contribution in [2.45, 2.75) is 6.42 Å². The smallest absolute Gasteiger partial charge is 0.409 e. The van der Waals surface area contributed by atoms with Crippen molar-refractivity contribution in [3.63, 3.8) is 0 Å². The van der Waals surface area contributed by atoms with Gasteiger partial charge in [0.05, 0.1) is 12.2 Å². The highest BCUT2D eigenvalue weighted by Crippen LogP contribution is 2.41. The molecule has 0 aliphatic carbocycles. The van der Waals surface area contributed by atoms with E-state index < -0.39 is 6.09 Å². The van der Waals surface area contributed by atoms with Crippen LogP contribution in [0.1, 0.15) is 16.1 Å². The standard InChI is InChI=1S/C31H34N6O5/c1-34(2)18-29(39)32-21-9-10-25-20(15-21)16-26(33-25)30(40)37-12-11-23-22-7-5-6-8-24(22)28(17-27(23)37)42-31(41)36(4)14-13-35(3)19-38/h5-10,15-17,19,33H,11-14,18H2,1-4H3,(H,32,39). The van der Waals surface area contributed by atoms with Gasteiger partial charge in [-0.25, -0.2) is 4.79 Å². The van der Waals surface area contributed by atoms with Gasteiger partial charge in [0.15, 0.2) is 0 Å². The minimum atomic E-state index is -0.556. The predicted molar refractivity (Wildman–Crippen MR) is 162 cm³/mol. The van der Waals surface area contributed by atoms with E-state index in [9.17, 15) is 19.2 Å². The van der Waals surface area contributed by atoms with Crippen molar-refractivity contribution in [2.24, 2.45) is 0 Å². The van der Waals surface area contributed by atoms with E-state index in [2.05, 4.69) is 10.3 Å². The van der Waals surface area contributed by atoms with Crippen LogP contribution in [0.4, 0.5) is 16.2 Å². The molecule has 0 bridgehead atoms. The number of benzene rings is 3.